The van der Waals surface area contributed by atoms with E-state index in [4.69, 9.17) is 0 Å². The highest BCUT2D eigenvalue weighted by atomic mass is 32.2. The van der Waals surface area contributed by atoms with Gasteiger partial charge in [0.25, 0.3) is 5.91 Å². The summed E-state index contributed by atoms with van der Waals surface area (Å²) in [5.41, 5.74) is 1.32. The second-order valence-electron chi connectivity index (χ2n) is 4.93. The lowest BCUT2D eigenvalue weighted by atomic mass is 10.1. The standard InChI is InChI=1S/C16H16FNO3S/c1-22(20,21)15-8-2-12(3-9-15)10-11-18-16(19)13-4-6-14(17)7-5-13/h2-9H,10-11H2,1H3,(H,18,19). The lowest BCUT2D eigenvalue weighted by Gasteiger charge is -2.06. The number of benzene rings is 2. The minimum Gasteiger partial charge on any atom is -0.352 e. The first-order valence-electron chi connectivity index (χ1n) is 6.69. The molecule has 4 nitrogen and oxygen atoms in total. The number of amides is 1. The van der Waals surface area contributed by atoms with E-state index in [0.717, 1.165) is 11.8 Å². The van der Waals surface area contributed by atoms with E-state index in [0.29, 0.717) is 18.5 Å². The number of hydrogen-bond donors (Lipinski definition) is 1. The van der Waals surface area contributed by atoms with Crippen molar-refractivity contribution >= 4 is 15.7 Å². The van der Waals surface area contributed by atoms with Crippen molar-refractivity contribution in [2.75, 3.05) is 12.8 Å². The Bertz CT molecular complexity index is 753. The Morgan fingerprint density at radius 3 is 2.18 bits per heavy atom. The molecule has 1 N–H and O–H groups in total. The van der Waals surface area contributed by atoms with Gasteiger partial charge in [-0.1, -0.05) is 12.1 Å². The summed E-state index contributed by atoms with van der Waals surface area (Å²) in [4.78, 5) is 12.1. The molecule has 116 valence electrons. The third-order valence-corrected chi connectivity index (χ3v) is 4.29. The molecule has 0 atom stereocenters. The van der Waals surface area contributed by atoms with Gasteiger partial charge in [-0.15, -0.1) is 0 Å². The van der Waals surface area contributed by atoms with E-state index in [1.165, 1.54) is 24.3 Å². The summed E-state index contributed by atoms with van der Waals surface area (Å²) in [6, 6.07) is 11.9. The minimum absolute atomic E-state index is 0.270. The van der Waals surface area contributed by atoms with Gasteiger partial charge in [-0.25, -0.2) is 12.8 Å². The average Bonchev–Trinajstić information content (AvgIpc) is 2.47. The molecule has 0 bridgehead atoms. The fraction of sp³-hybridized carbons (Fsp3) is 0.188. The van der Waals surface area contributed by atoms with E-state index in [1.54, 1.807) is 24.3 Å². The van der Waals surface area contributed by atoms with Crippen LogP contribution < -0.4 is 5.32 Å². The monoisotopic (exact) mass is 321 g/mol. The maximum absolute atomic E-state index is 12.8. The molecule has 0 heterocycles. The van der Waals surface area contributed by atoms with Gasteiger partial charge < -0.3 is 5.32 Å². The first kappa shape index (κ1) is 16.2. The van der Waals surface area contributed by atoms with E-state index in [-0.39, 0.29) is 16.6 Å². The fourth-order valence-electron chi connectivity index (χ4n) is 1.93. The van der Waals surface area contributed by atoms with Gasteiger partial charge in [0.2, 0.25) is 0 Å². The zero-order chi connectivity index (χ0) is 16.2. The van der Waals surface area contributed by atoms with Crippen LogP contribution in [0.2, 0.25) is 0 Å². The zero-order valence-electron chi connectivity index (χ0n) is 12.0. The van der Waals surface area contributed by atoms with Crippen LogP contribution in [0.25, 0.3) is 0 Å². The largest absolute Gasteiger partial charge is 0.352 e. The molecule has 0 unspecified atom stereocenters. The van der Waals surface area contributed by atoms with Gasteiger partial charge in [0.15, 0.2) is 9.84 Å². The summed E-state index contributed by atoms with van der Waals surface area (Å²) in [6.45, 7) is 0.411. The number of hydrogen-bond acceptors (Lipinski definition) is 3. The minimum atomic E-state index is -3.19. The number of sulfone groups is 1. The molecule has 0 aliphatic carbocycles. The molecule has 0 aliphatic heterocycles. The van der Waals surface area contributed by atoms with E-state index < -0.39 is 9.84 Å². The second-order valence-corrected chi connectivity index (χ2v) is 6.94. The summed E-state index contributed by atoms with van der Waals surface area (Å²) in [5, 5.41) is 2.73. The van der Waals surface area contributed by atoms with Gasteiger partial charge in [0.1, 0.15) is 5.82 Å². The van der Waals surface area contributed by atoms with E-state index in [1.807, 2.05) is 0 Å². The van der Waals surface area contributed by atoms with Crippen molar-refractivity contribution in [1.29, 1.82) is 0 Å². The first-order valence-corrected chi connectivity index (χ1v) is 8.58. The zero-order valence-corrected chi connectivity index (χ0v) is 12.9. The van der Waals surface area contributed by atoms with Crippen molar-refractivity contribution in [3.63, 3.8) is 0 Å². The number of halogens is 1. The molecule has 0 aliphatic rings. The van der Waals surface area contributed by atoms with Gasteiger partial charge in [-0.3, -0.25) is 4.79 Å². The third-order valence-electron chi connectivity index (χ3n) is 3.16. The molecule has 0 radical (unpaired) electrons. The Hall–Kier alpha value is -2.21. The van der Waals surface area contributed by atoms with Gasteiger partial charge in [-0.2, -0.15) is 0 Å². The molecule has 0 saturated carbocycles. The van der Waals surface area contributed by atoms with Crippen LogP contribution in [-0.2, 0) is 16.3 Å². The van der Waals surface area contributed by atoms with Crippen molar-refractivity contribution in [3.8, 4) is 0 Å². The molecular weight excluding hydrogens is 305 g/mol. The van der Waals surface area contributed by atoms with Crippen molar-refractivity contribution in [3.05, 3.63) is 65.5 Å². The lowest BCUT2D eigenvalue weighted by Crippen LogP contribution is -2.25. The molecule has 2 rings (SSSR count). The Balaban J connectivity index is 1.88. The van der Waals surface area contributed by atoms with Crippen molar-refractivity contribution < 1.29 is 17.6 Å². The van der Waals surface area contributed by atoms with E-state index >= 15 is 0 Å². The highest BCUT2D eigenvalue weighted by Crippen LogP contribution is 2.10. The van der Waals surface area contributed by atoms with Gasteiger partial charge in [0.05, 0.1) is 4.90 Å². The SMILES string of the molecule is CS(=O)(=O)c1ccc(CCNC(=O)c2ccc(F)cc2)cc1. The van der Waals surface area contributed by atoms with E-state index in [9.17, 15) is 17.6 Å². The maximum atomic E-state index is 12.8. The summed E-state index contributed by atoms with van der Waals surface area (Å²) in [6.07, 6.45) is 1.74. The van der Waals surface area contributed by atoms with Crippen molar-refractivity contribution in [1.82, 2.24) is 5.32 Å². The van der Waals surface area contributed by atoms with Crippen LogP contribution in [0.3, 0.4) is 0 Å². The Morgan fingerprint density at radius 1 is 1.05 bits per heavy atom. The lowest BCUT2D eigenvalue weighted by molar-refractivity contribution is 0.0954. The van der Waals surface area contributed by atoms with Crippen LogP contribution in [0.4, 0.5) is 4.39 Å². The number of nitrogens with one attached hydrogen (secondary N) is 1. The molecule has 22 heavy (non-hydrogen) atoms. The summed E-state index contributed by atoms with van der Waals surface area (Å²) >= 11 is 0. The molecule has 0 aromatic heterocycles. The Morgan fingerprint density at radius 2 is 1.64 bits per heavy atom. The average molecular weight is 321 g/mol. The van der Waals surface area contributed by atoms with Crippen LogP contribution >= 0.6 is 0 Å². The highest BCUT2D eigenvalue weighted by Gasteiger charge is 2.07. The summed E-state index contributed by atoms with van der Waals surface area (Å²) in [7, 11) is -3.19. The predicted octanol–water partition coefficient (Wildman–Crippen LogP) is 2.20. The number of rotatable bonds is 5. The number of carbonyl (C=O) groups excluding carboxylic acids is 1. The fourth-order valence-corrected chi connectivity index (χ4v) is 2.56. The molecule has 6 heteroatoms. The third kappa shape index (κ3) is 4.39. The molecule has 1 amide bonds. The number of carbonyl (C=O) groups is 1. The van der Waals surface area contributed by atoms with Crippen LogP contribution in [0.5, 0.6) is 0 Å². The summed E-state index contributed by atoms with van der Waals surface area (Å²) < 4.78 is 35.5. The summed E-state index contributed by atoms with van der Waals surface area (Å²) in [5.74, 6) is -0.657. The van der Waals surface area contributed by atoms with Crippen LogP contribution in [0.1, 0.15) is 15.9 Å². The van der Waals surface area contributed by atoms with Gasteiger partial charge >= 0.3 is 0 Å². The van der Waals surface area contributed by atoms with Gasteiger partial charge in [-0.05, 0) is 48.4 Å². The topological polar surface area (TPSA) is 63.2 Å². The highest BCUT2D eigenvalue weighted by molar-refractivity contribution is 7.90. The second kappa shape index (κ2) is 6.70. The smallest absolute Gasteiger partial charge is 0.251 e. The van der Waals surface area contributed by atoms with Crippen LogP contribution in [-0.4, -0.2) is 27.1 Å². The Labute approximate surface area is 128 Å². The van der Waals surface area contributed by atoms with E-state index in [2.05, 4.69) is 5.32 Å². The van der Waals surface area contributed by atoms with Crippen LogP contribution in [0, 0.1) is 5.82 Å². The van der Waals surface area contributed by atoms with Crippen molar-refractivity contribution in [2.24, 2.45) is 0 Å². The molecular formula is C16H16FNO3S. The molecule has 0 saturated heterocycles. The quantitative estimate of drug-likeness (QED) is 0.918. The molecule has 2 aromatic carbocycles. The normalized spacial score (nSPS) is 11.2. The predicted molar refractivity (Wildman–Crippen MR) is 82.0 cm³/mol. The first-order chi connectivity index (χ1) is 10.4. The maximum Gasteiger partial charge on any atom is 0.251 e. The molecule has 2 aromatic rings. The Kier molecular flexibility index (Phi) is 4.92. The van der Waals surface area contributed by atoms with Crippen molar-refractivity contribution in [2.45, 2.75) is 11.3 Å². The van der Waals surface area contributed by atoms with Gasteiger partial charge in [0, 0.05) is 18.4 Å². The molecule has 0 fully saturated rings. The molecule has 0 spiro atoms. The van der Waals surface area contributed by atoms with Crippen LogP contribution in [0.15, 0.2) is 53.4 Å².